The van der Waals surface area contributed by atoms with E-state index in [1.165, 1.54) is 0 Å². The van der Waals surface area contributed by atoms with Crippen molar-refractivity contribution in [3.05, 3.63) is 46.4 Å². The summed E-state index contributed by atoms with van der Waals surface area (Å²) < 4.78 is 5.96. The lowest BCUT2D eigenvalue weighted by Crippen LogP contribution is -1.80. The second-order valence-electron chi connectivity index (χ2n) is 3.99. The van der Waals surface area contributed by atoms with Crippen LogP contribution in [-0.2, 0) is 0 Å². The van der Waals surface area contributed by atoms with Gasteiger partial charge in [0.15, 0.2) is 0 Å². The van der Waals surface area contributed by atoms with E-state index in [0.29, 0.717) is 17.1 Å². The van der Waals surface area contributed by atoms with E-state index >= 15 is 0 Å². The van der Waals surface area contributed by atoms with Crippen molar-refractivity contribution in [3.63, 3.8) is 0 Å². The van der Waals surface area contributed by atoms with Gasteiger partial charge in [-0.05, 0) is 36.8 Å². The Kier molecular flexibility index (Phi) is 4.16. The molecule has 0 radical (unpaired) electrons. The van der Waals surface area contributed by atoms with Gasteiger partial charge in [0.2, 0.25) is 0 Å². The van der Waals surface area contributed by atoms with E-state index in [0.717, 1.165) is 10.0 Å². The van der Waals surface area contributed by atoms with Gasteiger partial charge in [-0.25, -0.2) is 0 Å². The predicted molar refractivity (Wildman–Crippen MR) is 77.7 cm³/mol. The molecule has 98 valence electrons. The molecular weight excluding hydrogens is 308 g/mol. The maximum Gasteiger partial charge on any atom is 0.146 e. The fraction of sp³-hybridized carbons (Fsp3) is 0.143. The summed E-state index contributed by atoms with van der Waals surface area (Å²) in [4.78, 5) is 0. The molecule has 0 aromatic heterocycles. The molecular formula is C14H13BrN2O2. The smallest absolute Gasteiger partial charge is 0.146 e. The zero-order valence-corrected chi connectivity index (χ0v) is 12.2. The van der Waals surface area contributed by atoms with Crippen molar-refractivity contribution in [2.75, 3.05) is 7.11 Å². The van der Waals surface area contributed by atoms with Gasteiger partial charge in [-0.2, -0.15) is 5.11 Å². The quantitative estimate of drug-likeness (QED) is 0.819. The third kappa shape index (κ3) is 3.32. The van der Waals surface area contributed by atoms with Crippen molar-refractivity contribution < 1.29 is 9.84 Å². The first-order chi connectivity index (χ1) is 9.10. The lowest BCUT2D eigenvalue weighted by molar-refractivity contribution is 0.415. The first-order valence-electron chi connectivity index (χ1n) is 5.65. The predicted octanol–water partition coefficient (Wildman–Crippen LogP) is 4.89. The minimum atomic E-state index is 0.134. The summed E-state index contributed by atoms with van der Waals surface area (Å²) in [7, 11) is 1.60. The second kappa shape index (κ2) is 5.84. The van der Waals surface area contributed by atoms with Gasteiger partial charge in [0.1, 0.15) is 17.2 Å². The van der Waals surface area contributed by atoms with Crippen LogP contribution in [0.3, 0.4) is 0 Å². The first kappa shape index (κ1) is 13.5. The van der Waals surface area contributed by atoms with Crippen molar-refractivity contribution in [3.8, 4) is 11.5 Å². The van der Waals surface area contributed by atoms with E-state index in [-0.39, 0.29) is 5.75 Å². The molecule has 0 unspecified atom stereocenters. The molecule has 0 bridgehead atoms. The summed E-state index contributed by atoms with van der Waals surface area (Å²) in [5.74, 6) is 0.848. The number of benzene rings is 2. The number of halogens is 1. The Morgan fingerprint density at radius 1 is 1.16 bits per heavy atom. The van der Waals surface area contributed by atoms with Crippen LogP contribution < -0.4 is 4.74 Å². The molecule has 0 atom stereocenters. The summed E-state index contributed by atoms with van der Waals surface area (Å²) in [5.41, 5.74) is 1.83. The molecule has 2 rings (SSSR count). The number of phenols is 1. The number of azo groups is 1. The van der Waals surface area contributed by atoms with Crippen LogP contribution in [-0.4, -0.2) is 12.2 Å². The fourth-order valence-electron chi connectivity index (χ4n) is 1.58. The summed E-state index contributed by atoms with van der Waals surface area (Å²) in [6.45, 7) is 1.81. The Bertz CT molecular complexity index is 627. The number of aromatic hydroxyl groups is 1. The van der Waals surface area contributed by atoms with Crippen molar-refractivity contribution in [1.29, 1.82) is 0 Å². The van der Waals surface area contributed by atoms with Gasteiger partial charge in [-0.15, -0.1) is 5.11 Å². The molecule has 0 aliphatic heterocycles. The molecule has 0 saturated heterocycles. The monoisotopic (exact) mass is 320 g/mol. The molecule has 0 aliphatic rings. The molecule has 2 aromatic carbocycles. The number of aryl methyl sites for hydroxylation is 1. The molecule has 0 amide bonds. The highest BCUT2D eigenvalue weighted by molar-refractivity contribution is 9.10. The number of rotatable bonds is 3. The first-order valence-corrected chi connectivity index (χ1v) is 6.44. The molecule has 19 heavy (non-hydrogen) atoms. The van der Waals surface area contributed by atoms with Gasteiger partial charge in [-0.1, -0.05) is 22.0 Å². The Hall–Kier alpha value is -1.88. The van der Waals surface area contributed by atoms with Crippen LogP contribution in [0.25, 0.3) is 0 Å². The Morgan fingerprint density at radius 2 is 1.95 bits per heavy atom. The topological polar surface area (TPSA) is 54.2 Å². The summed E-state index contributed by atoms with van der Waals surface area (Å²) in [5, 5.41) is 18.1. The van der Waals surface area contributed by atoms with E-state index in [2.05, 4.69) is 26.2 Å². The maximum atomic E-state index is 9.90. The van der Waals surface area contributed by atoms with Crippen molar-refractivity contribution >= 4 is 27.3 Å². The third-order valence-corrected chi connectivity index (χ3v) is 3.03. The van der Waals surface area contributed by atoms with E-state index in [9.17, 15) is 5.11 Å². The minimum Gasteiger partial charge on any atom is -0.505 e. The number of ether oxygens (including phenoxy) is 1. The number of nitrogens with zero attached hydrogens (tertiary/aromatic N) is 2. The van der Waals surface area contributed by atoms with Crippen LogP contribution in [0.1, 0.15) is 5.56 Å². The van der Waals surface area contributed by atoms with Gasteiger partial charge in [0.05, 0.1) is 12.8 Å². The Labute approximate surface area is 119 Å². The SMILES string of the molecule is COc1cccc(N=Nc2cc(Br)cc(C)c2O)c1. The average Bonchev–Trinajstić information content (AvgIpc) is 2.41. The number of phenolic OH excluding ortho intramolecular Hbond substituents is 1. The van der Waals surface area contributed by atoms with Crippen LogP contribution >= 0.6 is 15.9 Å². The van der Waals surface area contributed by atoms with Crippen molar-refractivity contribution in [2.24, 2.45) is 10.2 Å². The number of hydrogen-bond donors (Lipinski definition) is 1. The van der Waals surface area contributed by atoms with E-state index in [1.54, 1.807) is 19.2 Å². The molecule has 5 heteroatoms. The molecule has 0 fully saturated rings. The van der Waals surface area contributed by atoms with Crippen LogP contribution in [0.15, 0.2) is 51.1 Å². The highest BCUT2D eigenvalue weighted by Crippen LogP contribution is 2.34. The largest absolute Gasteiger partial charge is 0.505 e. The summed E-state index contributed by atoms with van der Waals surface area (Å²) >= 11 is 3.36. The van der Waals surface area contributed by atoms with E-state index in [4.69, 9.17) is 4.74 Å². The summed E-state index contributed by atoms with van der Waals surface area (Å²) in [6, 6.07) is 10.8. The molecule has 2 aromatic rings. The Morgan fingerprint density at radius 3 is 2.68 bits per heavy atom. The molecule has 0 aliphatic carbocycles. The minimum absolute atomic E-state index is 0.134. The van der Waals surface area contributed by atoms with Crippen LogP contribution in [0, 0.1) is 6.92 Å². The standard InChI is InChI=1S/C14H13BrN2O2/c1-9-6-10(15)7-13(14(9)18)17-16-11-4-3-5-12(8-11)19-2/h3-8,18H,1-2H3. The van der Waals surface area contributed by atoms with Crippen LogP contribution in [0.2, 0.25) is 0 Å². The normalized spacial score (nSPS) is 10.9. The zero-order chi connectivity index (χ0) is 13.8. The average molecular weight is 321 g/mol. The Balaban J connectivity index is 2.32. The van der Waals surface area contributed by atoms with Crippen molar-refractivity contribution in [1.82, 2.24) is 0 Å². The van der Waals surface area contributed by atoms with Gasteiger partial charge >= 0.3 is 0 Å². The highest BCUT2D eigenvalue weighted by atomic mass is 79.9. The molecule has 0 heterocycles. The van der Waals surface area contributed by atoms with Gasteiger partial charge in [-0.3, -0.25) is 0 Å². The van der Waals surface area contributed by atoms with Gasteiger partial charge in [0, 0.05) is 10.5 Å². The lowest BCUT2D eigenvalue weighted by Gasteiger charge is -2.03. The lowest BCUT2D eigenvalue weighted by atomic mass is 10.2. The summed E-state index contributed by atoms with van der Waals surface area (Å²) in [6.07, 6.45) is 0. The number of methoxy groups -OCH3 is 1. The van der Waals surface area contributed by atoms with E-state index in [1.807, 2.05) is 31.2 Å². The molecule has 1 N–H and O–H groups in total. The fourth-order valence-corrected chi connectivity index (χ4v) is 2.14. The second-order valence-corrected chi connectivity index (χ2v) is 4.91. The molecule has 0 spiro atoms. The van der Waals surface area contributed by atoms with Crippen LogP contribution in [0.5, 0.6) is 11.5 Å². The van der Waals surface area contributed by atoms with E-state index < -0.39 is 0 Å². The van der Waals surface area contributed by atoms with Gasteiger partial charge in [0.25, 0.3) is 0 Å². The highest BCUT2D eigenvalue weighted by Gasteiger charge is 2.05. The van der Waals surface area contributed by atoms with Crippen molar-refractivity contribution in [2.45, 2.75) is 6.92 Å². The van der Waals surface area contributed by atoms with Crippen LogP contribution in [0.4, 0.5) is 11.4 Å². The molecule has 4 nitrogen and oxygen atoms in total. The number of hydrogen-bond acceptors (Lipinski definition) is 4. The van der Waals surface area contributed by atoms with Gasteiger partial charge < -0.3 is 9.84 Å². The zero-order valence-electron chi connectivity index (χ0n) is 10.6. The third-order valence-electron chi connectivity index (χ3n) is 2.57. The maximum absolute atomic E-state index is 9.90. The molecule has 0 saturated carbocycles.